The van der Waals surface area contributed by atoms with Crippen molar-refractivity contribution in [3.63, 3.8) is 0 Å². The standard InChI is InChI=1S/C10H19NO3/c1-8(14-2)7-11(9-3-4-9)6-5-10(12)13/h8-9H,3-7H2,1-2H3,(H,12,13). The lowest BCUT2D eigenvalue weighted by Gasteiger charge is -2.24. The normalized spacial score (nSPS) is 18.5. The van der Waals surface area contributed by atoms with Gasteiger partial charge in [-0.2, -0.15) is 0 Å². The molecule has 0 spiro atoms. The quantitative estimate of drug-likeness (QED) is 0.666. The molecule has 0 bridgehead atoms. The van der Waals surface area contributed by atoms with Gasteiger partial charge in [-0.3, -0.25) is 9.69 Å². The van der Waals surface area contributed by atoms with Crippen LogP contribution in [0.2, 0.25) is 0 Å². The summed E-state index contributed by atoms with van der Waals surface area (Å²) in [6.45, 7) is 3.50. The summed E-state index contributed by atoms with van der Waals surface area (Å²) < 4.78 is 5.18. The maximum absolute atomic E-state index is 10.4. The van der Waals surface area contributed by atoms with E-state index in [0.29, 0.717) is 12.6 Å². The molecule has 0 aromatic heterocycles. The van der Waals surface area contributed by atoms with Crippen molar-refractivity contribution >= 4 is 5.97 Å². The SMILES string of the molecule is COC(C)CN(CCC(=O)O)C1CC1. The smallest absolute Gasteiger partial charge is 0.304 e. The highest BCUT2D eigenvalue weighted by Crippen LogP contribution is 2.27. The van der Waals surface area contributed by atoms with Gasteiger partial charge in [0.2, 0.25) is 0 Å². The first-order valence-corrected chi connectivity index (χ1v) is 5.12. The minimum absolute atomic E-state index is 0.185. The van der Waals surface area contributed by atoms with Crippen LogP contribution in [0, 0.1) is 0 Å². The molecule has 1 unspecified atom stereocenters. The molecule has 1 saturated carbocycles. The number of ether oxygens (including phenoxy) is 1. The summed E-state index contributed by atoms with van der Waals surface area (Å²) in [5, 5.41) is 8.60. The van der Waals surface area contributed by atoms with Crippen LogP contribution in [0.3, 0.4) is 0 Å². The molecular weight excluding hydrogens is 182 g/mol. The first kappa shape index (κ1) is 11.5. The molecule has 0 aromatic carbocycles. The molecule has 1 aliphatic rings. The van der Waals surface area contributed by atoms with Crippen LogP contribution in [0.4, 0.5) is 0 Å². The lowest BCUT2D eigenvalue weighted by molar-refractivity contribution is -0.137. The Balaban J connectivity index is 2.27. The van der Waals surface area contributed by atoms with Crippen molar-refractivity contribution in [3.8, 4) is 0 Å². The molecule has 4 nitrogen and oxygen atoms in total. The monoisotopic (exact) mass is 201 g/mol. The largest absolute Gasteiger partial charge is 0.481 e. The molecule has 0 amide bonds. The second kappa shape index (κ2) is 5.32. The third-order valence-electron chi connectivity index (χ3n) is 2.57. The molecule has 1 fully saturated rings. The Morgan fingerprint density at radius 2 is 2.29 bits per heavy atom. The number of rotatable bonds is 7. The van der Waals surface area contributed by atoms with Crippen molar-refractivity contribution in [3.05, 3.63) is 0 Å². The van der Waals surface area contributed by atoms with Crippen molar-refractivity contribution in [1.82, 2.24) is 4.90 Å². The van der Waals surface area contributed by atoms with Crippen LogP contribution in [0.1, 0.15) is 26.2 Å². The molecule has 1 N–H and O–H groups in total. The lowest BCUT2D eigenvalue weighted by atomic mass is 10.3. The molecule has 0 radical (unpaired) electrons. The fourth-order valence-electron chi connectivity index (χ4n) is 1.51. The molecule has 0 heterocycles. The Morgan fingerprint density at radius 1 is 1.64 bits per heavy atom. The van der Waals surface area contributed by atoms with Crippen molar-refractivity contribution in [2.45, 2.75) is 38.3 Å². The zero-order valence-corrected chi connectivity index (χ0v) is 8.90. The van der Waals surface area contributed by atoms with Gasteiger partial charge >= 0.3 is 5.97 Å². The van der Waals surface area contributed by atoms with Gasteiger partial charge in [-0.05, 0) is 19.8 Å². The summed E-state index contributed by atoms with van der Waals surface area (Å²) in [6.07, 6.45) is 2.82. The minimum atomic E-state index is -0.722. The summed E-state index contributed by atoms with van der Waals surface area (Å²) in [6, 6.07) is 0.604. The van der Waals surface area contributed by atoms with Gasteiger partial charge in [0.05, 0.1) is 12.5 Å². The Morgan fingerprint density at radius 3 is 2.71 bits per heavy atom. The summed E-state index contributed by atoms with van der Waals surface area (Å²) in [5.41, 5.74) is 0. The number of hydrogen-bond acceptors (Lipinski definition) is 3. The number of carbonyl (C=O) groups is 1. The molecule has 1 atom stereocenters. The van der Waals surface area contributed by atoms with E-state index in [-0.39, 0.29) is 12.5 Å². The molecule has 1 rings (SSSR count). The van der Waals surface area contributed by atoms with Gasteiger partial charge in [0, 0.05) is 26.2 Å². The molecule has 1 aliphatic carbocycles. The van der Waals surface area contributed by atoms with Gasteiger partial charge in [0.1, 0.15) is 0 Å². The van der Waals surface area contributed by atoms with E-state index < -0.39 is 5.97 Å². The van der Waals surface area contributed by atoms with Crippen LogP contribution >= 0.6 is 0 Å². The Hall–Kier alpha value is -0.610. The summed E-state index contributed by atoms with van der Waals surface area (Å²) in [4.78, 5) is 12.7. The summed E-state index contributed by atoms with van der Waals surface area (Å²) >= 11 is 0. The number of hydrogen-bond donors (Lipinski definition) is 1. The Kier molecular flexibility index (Phi) is 4.35. The maximum atomic E-state index is 10.4. The van der Waals surface area contributed by atoms with Gasteiger partial charge in [0.25, 0.3) is 0 Å². The third kappa shape index (κ3) is 4.07. The van der Waals surface area contributed by atoms with Gasteiger partial charge < -0.3 is 9.84 Å². The lowest BCUT2D eigenvalue weighted by Crippen LogP contribution is -2.35. The molecule has 82 valence electrons. The second-order valence-corrected chi connectivity index (χ2v) is 3.92. The highest BCUT2D eigenvalue weighted by atomic mass is 16.5. The summed E-state index contributed by atoms with van der Waals surface area (Å²) in [5.74, 6) is -0.722. The van der Waals surface area contributed by atoms with E-state index in [1.165, 1.54) is 12.8 Å². The molecule has 0 saturated heterocycles. The van der Waals surface area contributed by atoms with Crippen molar-refractivity contribution < 1.29 is 14.6 Å². The van der Waals surface area contributed by atoms with E-state index in [9.17, 15) is 4.79 Å². The van der Waals surface area contributed by atoms with E-state index in [4.69, 9.17) is 9.84 Å². The van der Waals surface area contributed by atoms with Crippen LogP contribution < -0.4 is 0 Å². The van der Waals surface area contributed by atoms with Gasteiger partial charge in [0.15, 0.2) is 0 Å². The van der Waals surface area contributed by atoms with Crippen LogP contribution in [0.15, 0.2) is 0 Å². The first-order chi connectivity index (χ1) is 6.63. The predicted molar refractivity (Wildman–Crippen MR) is 53.3 cm³/mol. The number of methoxy groups -OCH3 is 1. The predicted octanol–water partition coefficient (Wildman–Crippen LogP) is 0.960. The van der Waals surface area contributed by atoms with Gasteiger partial charge in [-0.15, -0.1) is 0 Å². The molecule has 0 aromatic rings. The number of aliphatic carboxylic acids is 1. The Labute approximate surface area is 84.8 Å². The highest BCUT2D eigenvalue weighted by molar-refractivity contribution is 5.66. The van der Waals surface area contributed by atoms with Gasteiger partial charge in [-0.25, -0.2) is 0 Å². The zero-order chi connectivity index (χ0) is 10.6. The van der Waals surface area contributed by atoms with Crippen molar-refractivity contribution in [1.29, 1.82) is 0 Å². The van der Waals surface area contributed by atoms with Crippen LogP contribution in [0.25, 0.3) is 0 Å². The van der Waals surface area contributed by atoms with E-state index in [1.807, 2.05) is 6.92 Å². The van der Waals surface area contributed by atoms with Crippen LogP contribution in [-0.4, -0.2) is 48.3 Å². The fourth-order valence-corrected chi connectivity index (χ4v) is 1.51. The maximum Gasteiger partial charge on any atom is 0.304 e. The Bertz CT molecular complexity index is 192. The number of carboxylic acid groups (broad SMARTS) is 1. The van der Waals surface area contributed by atoms with E-state index in [1.54, 1.807) is 7.11 Å². The average molecular weight is 201 g/mol. The van der Waals surface area contributed by atoms with E-state index in [2.05, 4.69) is 4.90 Å². The minimum Gasteiger partial charge on any atom is -0.481 e. The first-order valence-electron chi connectivity index (χ1n) is 5.12. The average Bonchev–Trinajstić information content (AvgIpc) is 2.94. The molecule has 14 heavy (non-hydrogen) atoms. The molecule has 4 heteroatoms. The molecule has 0 aliphatic heterocycles. The van der Waals surface area contributed by atoms with Crippen molar-refractivity contribution in [2.75, 3.05) is 20.2 Å². The highest BCUT2D eigenvalue weighted by Gasteiger charge is 2.29. The zero-order valence-electron chi connectivity index (χ0n) is 8.90. The van der Waals surface area contributed by atoms with Gasteiger partial charge in [-0.1, -0.05) is 0 Å². The third-order valence-corrected chi connectivity index (χ3v) is 2.57. The number of nitrogens with zero attached hydrogens (tertiary/aromatic N) is 1. The van der Waals surface area contributed by atoms with Crippen LogP contribution in [-0.2, 0) is 9.53 Å². The van der Waals surface area contributed by atoms with Crippen LogP contribution in [0.5, 0.6) is 0 Å². The fraction of sp³-hybridized carbons (Fsp3) is 0.900. The molecular formula is C10H19NO3. The van der Waals surface area contributed by atoms with E-state index >= 15 is 0 Å². The second-order valence-electron chi connectivity index (χ2n) is 3.92. The topological polar surface area (TPSA) is 49.8 Å². The van der Waals surface area contributed by atoms with E-state index in [0.717, 1.165) is 6.54 Å². The number of carboxylic acids is 1. The van der Waals surface area contributed by atoms with Crippen molar-refractivity contribution in [2.24, 2.45) is 0 Å². The summed E-state index contributed by atoms with van der Waals surface area (Å²) in [7, 11) is 1.69.